The Bertz CT molecular complexity index is 425. The molecule has 1 aliphatic carbocycles. The summed E-state index contributed by atoms with van der Waals surface area (Å²) in [7, 11) is 0. The number of nitrogens with zero attached hydrogens (tertiary/aromatic N) is 2. The first-order valence-electron chi connectivity index (χ1n) is 7.42. The molecule has 1 aromatic heterocycles. The molecule has 0 aliphatic heterocycles. The van der Waals surface area contributed by atoms with Crippen LogP contribution in [0.3, 0.4) is 0 Å². The van der Waals surface area contributed by atoms with Gasteiger partial charge in [-0.25, -0.2) is 9.97 Å². The van der Waals surface area contributed by atoms with E-state index in [4.69, 9.17) is 5.11 Å². The first kappa shape index (κ1) is 14.9. The molecule has 0 bridgehead atoms. The largest absolute Gasteiger partial charge is 0.481 e. The highest BCUT2D eigenvalue weighted by Gasteiger charge is 2.25. The van der Waals surface area contributed by atoms with Gasteiger partial charge in [-0.15, -0.1) is 0 Å². The quantitative estimate of drug-likeness (QED) is 0.832. The molecule has 1 aliphatic rings. The molecule has 0 spiro atoms. The lowest BCUT2D eigenvalue weighted by Gasteiger charge is -2.26. The van der Waals surface area contributed by atoms with Crippen LogP contribution in [-0.2, 0) is 17.8 Å². The molecule has 0 saturated heterocycles. The lowest BCUT2D eigenvalue weighted by molar-refractivity contribution is -0.143. The van der Waals surface area contributed by atoms with Crippen molar-refractivity contribution < 1.29 is 9.90 Å². The van der Waals surface area contributed by atoms with Crippen molar-refractivity contribution in [3.8, 4) is 0 Å². The van der Waals surface area contributed by atoms with E-state index in [0.29, 0.717) is 12.5 Å². The SMILES string of the molecule is CCc1cnc(CNC[C@H]2CC[C@H](C(=O)O)CC2)nc1. The minimum atomic E-state index is -0.638. The van der Waals surface area contributed by atoms with E-state index in [2.05, 4.69) is 22.2 Å². The van der Waals surface area contributed by atoms with Crippen molar-refractivity contribution in [2.75, 3.05) is 6.54 Å². The predicted octanol–water partition coefficient (Wildman–Crippen LogP) is 2.02. The van der Waals surface area contributed by atoms with Gasteiger partial charge in [-0.05, 0) is 50.1 Å². The number of carboxylic acid groups (broad SMARTS) is 1. The van der Waals surface area contributed by atoms with Gasteiger partial charge in [0.05, 0.1) is 12.5 Å². The minimum absolute atomic E-state index is 0.129. The highest BCUT2D eigenvalue weighted by molar-refractivity contribution is 5.69. The number of hydrogen-bond donors (Lipinski definition) is 2. The molecule has 1 heterocycles. The molecule has 0 unspecified atom stereocenters. The summed E-state index contributed by atoms with van der Waals surface area (Å²) >= 11 is 0. The van der Waals surface area contributed by atoms with Crippen LogP contribution >= 0.6 is 0 Å². The first-order chi connectivity index (χ1) is 9.69. The maximum atomic E-state index is 10.9. The zero-order valence-corrected chi connectivity index (χ0v) is 12.0. The van der Waals surface area contributed by atoms with Crippen LogP contribution in [0.4, 0.5) is 0 Å². The fourth-order valence-corrected chi connectivity index (χ4v) is 2.66. The van der Waals surface area contributed by atoms with Gasteiger partial charge in [0.2, 0.25) is 0 Å². The Kier molecular flexibility index (Phi) is 5.47. The molecule has 20 heavy (non-hydrogen) atoms. The van der Waals surface area contributed by atoms with Gasteiger partial charge in [-0.3, -0.25) is 4.79 Å². The second-order valence-electron chi connectivity index (χ2n) is 5.55. The molecule has 1 saturated carbocycles. The summed E-state index contributed by atoms with van der Waals surface area (Å²) in [4.78, 5) is 19.5. The molecule has 2 rings (SSSR count). The van der Waals surface area contributed by atoms with Crippen LogP contribution in [0.15, 0.2) is 12.4 Å². The molecule has 5 heteroatoms. The number of aromatic nitrogens is 2. The van der Waals surface area contributed by atoms with Crippen molar-refractivity contribution in [3.05, 3.63) is 23.8 Å². The van der Waals surface area contributed by atoms with Gasteiger partial charge < -0.3 is 10.4 Å². The molecule has 0 atom stereocenters. The maximum Gasteiger partial charge on any atom is 0.306 e. The van der Waals surface area contributed by atoms with Crippen LogP contribution in [-0.4, -0.2) is 27.6 Å². The van der Waals surface area contributed by atoms with Crippen LogP contribution < -0.4 is 5.32 Å². The van der Waals surface area contributed by atoms with Crippen LogP contribution in [0.1, 0.15) is 44.0 Å². The Balaban J connectivity index is 1.67. The highest BCUT2D eigenvalue weighted by Crippen LogP contribution is 2.28. The minimum Gasteiger partial charge on any atom is -0.481 e. The third-order valence-electron chi connectivity index (χ3n) is 4.08. The van der Waals surface area contributed by atoms with Crippen LogP contribution in [0.5, 0.6) is 0 Å². The molecule has 0 radical (unpaired) electrons. The van der Waals surface area contributed by atoms with Gasteiger partial charge in [0.1, 0.15) is 5.82 Å². The van der Waals surface area contributed by atoms with Gasteiger partial charge >= 0.3 is 5.97 Å². The van der Waals surface area contributed by atoms with E-state index in [-0.39, 0.29) is 5.92 Å². The lowest BCUT2D eigenvalue weighted by Crippen LogP contribution is -2.28. The standard InChI is InChI=1S/C15H23N3O2/c1-2-11-8-17-14(18-9-11)10-16-7-12-3-5-13(6-4-12)15(19)20/h8-9,12-13,16H,2-7,10H2,1H3,(H,19,20)/t12-,13-. The normalized spacial score (nSPS) is 22.6. The van der Waals surface area contributed by atoms with Crippen molar-refractivity contribution in [2.45, 2.75) is 45.6 Å². The average molecular weight is 277 g/mol. The van der Waals surface area contributed by atoms with Crippen LogP contribution in [0.25, 0.3) is 0 Å². The van der Waals surface area contributed by atoms with Crippen molar-refractivity contribution in [3.63, 3.8) is 0 Å². The second kappa shape index (κ2) is 7.33. The van der Waals surface area contributed by atoms with E-state index in [9.17, 15) is 4.79 Å². The topological polar surface area (TPSA) is 75.1 Å². The molecular formula is C15H23N3O2. The predicted molar refractivity (Wildman–Crippen MR) is 76.2 cm³/mol. The van der Waals surface area contributed by atoms with Gasteiger partial charge in [0.25, 0.3) is 0 Å². The molecular weight excluding hydrogens is 254 g/mol. The molecule has 2 N–H and O–H groups in total. The van der Waals surface area contributed by atoms with Crippen molar-refractivity contribution >= 4 is 5.97 Å². The first-order valence-corrected chi connectivity index (χ1v) is 7.42. The number of hydrogen-bond acceptors (Lipinski definition) is 4. The summed E-state index contributed by atoms with van der Waals surface area (Å²) in [6.45, 7) is 3.69. The summed E-state index contributed by atoms with van der Waals surface area (Å²) in [5.41, 5.74) is 1.15. The molecule has 5 nitrogen and oxygen atoms in total. The molecule has 110 valence electrons. The Morgan fingerprint density at radius 3 is 2.50 bits per heavy atom. The molecule has 0 amide bonds. The van der Waals surface area contributed by atoms with Crippen LogP contribution in [0, 0.1) is 11.8 Å². The third-order valence-corrected chi connectivity index (χ3v) is 4.08. The van der Waals surface area contributed by atoms with E-state index in [1.165, 1.54) is 0 Å². The van der Waals surface area contributed by atoms with Gasteiger partial charge in [0, 0.05) is 12.4 Å². The Labute approximate surface area is 119 Å². The fraction of sp³-hybridized carbons (Fsp3) is 0.667. The summed E-state index contributed by atoms with van der Waals surface area (Å²) < 4.78 is 0. The van der Waals surface area contributed by atoms with E-state index in [1.807, 2.05) is 12.4 Å². The van der Waals surface area contributed by atoms with Crippen LogP contribution in [0.2, 0.25) is 0 Å². The average Bonchev–Trinajstić information content (AvgIpc) is 2.48. The number of aryl methyl sites for hydroxylation is 1. The monoisotopic (exact) mass is 277 g/mol. The van der Waals surface area contributed by atoms with Crippen molar-refractivity contribution in [1.82, 2.24) is 15.3 Å². The number of carbonyl (C=O) groups is 1. The number of rotatable bonds is 6. The van der Waals surface area contributed by atoms with Gasteiger partial charge in [-0.1, -0.05) is 6.92 Å². The van der Waals surface area contributed by atoms with E-state index >= 15 is 0 Å². The Hall–Kier alpha value is -1.49. The number of aliphatic carboxylic acids is 1. The number of carboxylic acids is 1. The second-order valence-corrected chi connectivity index (χ2v) is 5.55. The highest BCUT2D eigenvalue weighted by atomic mass is 16.4. The van der Waals surface area contributed by atoms with E-state index in [1.54, 1.807) is 0 Å². The summed E-state index contributed by atoms with van der Waals surface area (Å²) in [6.07, 6.45) is 8.33. The number of nitrogens with one attached hydrogen (secondary N) is 1. The van der Waals surface area contributed by atoms with E-state index in [0.717, 1.165) is 50.0 Å². The van der Waals surface area contributed by atoms with Crippen molar-refractivity contribution in [2.24, 2.45) is 11.8 Å². The fourth-order valence-electron chi connectivity index (χ4n) is 2.66. The summed E-state index contributed by atoms with van der Waals surface area (Å²) in [5.74, 6) is 0.638. The molecule has 0 aromatic carbocycles. The molecule has 1 fully saturated rings. The zero-order valence-electron chi connectivity index (χ0n) is 12.0. The van der Waals surface area contributed by atoms with Gasteiger partial charge in [-0.2, -0.15) is 0 Å². The smallest absolute Gasteiger partial charge is 0.306 e. The summed E-state index contributed by atoms with van der Waals surface area (Å²) in [5, 5.41) is 12.3. The Morgan fingerprint density at radius 2 is 1.95 bits per heavy atom. The van der Waals surface area contributed by atoms with Gasteiger partial charge in [0.15, 0.2) is 0 Å². The molecule has 1 aromatic rings. The Morgan fingerprint density at radius 1 is 1.30 bits per heavy atom. The third kappa shape index (κ3) is 4.27. The van der Waals surface area contributed by atoms with E-state index < -0.39 is 5.97 Å². The lowest BCUT2D eigenvalue weighted by atomic mass is 9.82. The maximum absolute atomic E-state index is 10.9. The zero-order chi connectivity index (χ0) is 14.4. The summed E-state index contributed by atoms with van der Waals surface area (Å²) in [6, 6.07) is 0. The van der Waals surface area contributed by atoms with Crippen molar-refractivity contribution in [1.29, 1.82) is 0 Å².